The summed E-state index contributed by atoms with van der Waals surface area (Å²) in [5.41, 5.74) is 14.9. The molecule has 152 valence electrons. The number of benzene rings is 2. The highest BCUT2D eigenvalue weighted by Gasteiger charge is 2.11. The molecule has 2 aromatic heterocycles. The molecule has 0 aliphatic rings. The van der Waals surface area contributed by atoms with Gasteiger partial charge in [-0.3, -0.25) is 14.7 Å². The summed E-state index contributed by atoms with van der Waals surface area (Å²) >= 11 is 0. The number of aromatic amines is 1. The van der Waals surface area contributed by atoms with Gasteiger partial charge in [-0.15, -0.1) is 0 Å². The minimum atomic E-state index is -0.833. The molecule has 0 atom stereocenters. The number of nitrogen functional groups attached to an aromatic ring is 1. The summed E-state index contributed by atoms with van der Waals surface area (Å²) in [7, 11) is 0. The van der Waals surface area contributed by atoms with Gasteiger partial charge in [0.2, 0.25) is 11.9 Å². The Kier molecular flexibility index (Phi) is 5.87. The lowest BCUT2D eigenvalue weighted by atomic mass is 10.00. The van der Waals surface area contributed by atoms with Crippen LogP contribution in [0.1, 0.15) is 17.3 Å². The topological polar surface area (TPSA) is 173 Å². The number of carbonyl (C=O) groups excluding carboxylic acids is 1. The van der Waals surface area contributed by atoms with Crippen molar-refractivity contribution < 1.29 is 14.7 Å². The second-order valence-electron chi connectivity index (χ2n) is 6.25. The van der Waals surface area contributed by atoms with Gasteiger partial charge in [-0.2, -0.15) is 10.1 Å². The number of primary amides is 1. The smallest absolute Gasteiger partial charge is 0.300 e. The number of carboxylic acids is 1. The number of carboxylic acid groups (broad SMARTS) is 1. The van der Waals surface area contributed by atoms with Gasteiger partial charge in [0.05, 0.1) is 11.7 Å². The van der Waals surface area contributed by atoms with Crippen LogP contribution in [0.5, 0.6) is 0 Å². The van der Waals surface area contributed by atoms with Crippen LogP contribution in [0.15, 0.2) is 54.9 Å². The third-order valence-electron chi connectivity index (χ3n) is 3.95. The molecule has 30 heavy (non-hydrogen) atoms. The first-order valence-corrected chi connectivity index (χ1v) is 8.76. The van der Waals surface area contributed by atoms with E-state index in [0.717, 1.165) is 34.6 Å². The van der Waals surface area contributed by atoms with Crippen LogP contribution in [0.2, 0.25) is 0 Å². The highest BCUT2D eigenvalue weighted by atomic mass is 16.4. The molecule has 7 N–H and O–H groups in total. The number of carbonyl (C=O) groups is 2. The van der Waals surface area contributed by atoms with E-state index in [-0.39, 0.29) is 5.95 Å². The Hall–Kier alpha value is -4.47. The maximum atomic E-state index is 11.5. The molecular formula is C20H19N7O3. The Bertz CT molecular complexity index is 1220. The van der Waals surface area contributed by atoms with Crippen LogP contribution in [-0.4, -0.2) is 37.1 Å². The molecule has 2 aromatic carbocycles. The number of fused-ring (bicyclic) bond motifs is 1. The summed E-state index contributed by atoms with van der Waals surface area (Å²) in [6.45, 7) is 1.08. The number of H-pyrrole nitrogens is 1. The van der Waals surface area contributed by atoms with Gasteiger partial charge in [0, 0.05) is 35.3 Å². The molecule has 1 amide bonds. The fourth-order valence-corrected chi connectivity index (χ4v) is 2.79. The summed E-state index contributed by atoms with van der Waals surface area (Å²) in [5, 5.41) is 18.7. The van der Waals surface area contributed by atoms with E-state index in [1.165, 1.54) is 0 Å². The van der Waals surface area contributed by atoms with E-state index in [1.54, 1.807) is 36.7 Å². The Balaban J connectivity index is 0.000000589. The van der Waals surface area contributed by atoms with Crippen molar-refractivity contribution in [2.75, 3.05) is 11.1 Å². The van der Waals surface area contributed by atoms with Gasteiger partial charge in [-0.25, -0.2) is 4.98 Å². The second-order valence-corrected chi connectivity index (χ2v) is 6.25. The summed E-state index contributed by atoms with van der Waals surface area (Å²) in [6.07, 6.45) is 3.31. The maximum Gasteiger partial charge on any atom is 0.300 e. The number of nitrogens with one attached hydrogen (secondary N) is 2. The van der Waals surface area contributed by atoms with Gasteiger partial charge in [0.1, 0.15) is 5.82 Å². The fraction of sp³-hybridized carbons (Fsp3) is 0.0500. The molecule has 0 unspecified atom stereocenters. The van der Waals surface area contributed by atoms with Crippen LogP contribution in [0.3, 0.4) is 0 Å². The summed E-state index contributed by atoms with van der Waals surface area (Å²) in [4.78, 5) is 28.5. The highest BCUT2D eigenvalue weighted by Crippen LogP contribution is 2.32. The Morgan fingerprint density at radius 3 is 2.63 bits per heavy atom. The van der Waals surface area contributed by atoms with E-state index >= 15 is 0 Å². The monoisotopic (exact) mass is 405 g/mol. The lowest BCUT2D eigenvalue weighted by molar-refractivity contribution is -0.134. The maximum absolute atomic E-state index is 11.5. The molecule has 0 radical (unpaired) electrons. The second kappa shape index (κ2) is 8.69. The quantitative estimate of drug-likeness (QED) is 0.344. The molecule has 0 saturated heterocycles. The summed E-state index contributed by atoms with van der Waals surface area (Å²) in [5.74, 6) is -0.538. The number of hydrogen-bond donors (Lipinski definition) is 5. The van der Waals surface area contributed by atoms with E-state index in [0.29, 0.717) is 11.4 Å². The van der Waals surface area contributed by atoms with E-state index < -0.39 is 11.9 Å². The zero-order valence-corrected chi connectivity index (χ0v) is 16.0. The van der Waals surface area contributed by atoms with E-state index in [2.05, 4.69) is 25.5 Å². The van der Waals surface area contributed by atoms with Gasteiger partial charge in [0.15, 0.2) is 0 Å². The molecule has 0 spiro atoms. The van der Waals surface area contributed by atoms with Gasteiger partial charge >= 0.3 is 0 Å². The lowest BCUT2D eigenvalue weighted by Gasteiger charge is -2.10. The van der Waals surface area contributed by atoms with Gasteiger partial charge in [-0.05, 0) is 35.9 Å². The molecule has 0 aliphatic heterocycles. The Labute approximate surface area is 171 Å². The molecule has 0 bridgehead atoms. The minimum Gasteiger partial charge on any atom is -0.481 e. The van der Waals surface area contributed by atoms with Gasteiger partial charge < -0.3 is 21.9 Å². The fourth-order valence-electron chi connectivity index (χ4n) is 2.79. The van der Waals surface area contributed by atoms with Crippen LogP contribution in [0.25, 0.3) is 22.0 Å². The van der Waals surface area contributed by atoms with Crippen molar-refractivity contribution in [1.29, 1.82) is 0 Å². The van der Waals surface area contributed by atoms with Gasteiger partial charge in [0.25, 0.3) is 5.97 Å². The summed E-state index contributed by atoms with van der Waals surface area (Å²) in [6, 6.07) is 12.8. The van der Waals surface area contributed by atoms with Crippen molar-refractivity contribution in [3.8, 4) is 11.1 Å². The van der Waals surface area contributed by atoms with Crippen LogP contribution < -0.4 is 16.8 Å². The van der Waals surface area contributed by atoms with E-state index in [9.17, 15) is 4.79 Å². The van der Waals surface area contributed by atoms with Crippen molar-refractivity contribution in [2.24, 2.45) is 5.73 Å². The van der Waals surface area contributed by atoms with Crippen molar-refractivity contribution in [3.63, 3.8) is 0 Å². The first kappa shape index (κ1) is 20.3. The van der Waals surface area contributed by atoms with Gasteiger partial charge in [-0.1, -0.05) is 12.1 Å². The third-order valence-corrected chi connectivity index (χ3v) is 3.95. The number of aliphatic carboxylic acids is 1. The predicted molar refractivity (Wildman–Crippen MR) is 113 cm³/mol. The van der Waals surface area contributed by atoms with Crippen molar-refractivity contribution in [2.45, 2.75) is 6.92 Å². The number of nitrogens with two attached hydrogens (primary N) is 2. The molecule has 4 aromatic rings. The number of anilines is 3. The molecule has 10 heteroatoms. The number of hydrogen-bond acceptors (Lipinski definition) is 7. The lowest BCUT2D eigenvalue weighted by Crippen LogP contribution is -2.10. The standard InChI is InChI=1S/C18H15N7O.C2H4O2/c19-17(26)11-3-1-2-10(6-11)14-8-13(7-12-9-22-25-16(12)14)23-15-4-5-21-18(20)24-15;1-2(3)4/h1-9H,(H2,19,26)(H,22,25)(H3,20,21,23,24);1H3,(H,3,4). The number of rotatable bonds is 4. The number of aromatic nitrogens is 4. The largest absolute Gasteiger partial charge is 0.481 e. The number of nitrogens with zero attached hydrogens (tertiary/aromatic N) is 3. The van der Waals surface area contributed by atoms with Crippen LogP contribution in [0, 0.1) is 0 Å². The number of amides is 1. The summed E-state index contributed by atoms with van der Waals surface area (Å²) < 4.78 is 0. The molecule has 2 heterocycles. The molecule has 10 nitrogen and oxygen atoms in total. The first-order chi connectivity index (χ1) is 14.3. The van der Waals surface area contributed by atoms with Crippen LogP contribution >= 0.6 is 0 Å². The average molecular weight is 405 g/mol. The Morgan fingerprint density at radius 2 is 1.93 bits per heavy atom. The molecule has 4 rings (SSSR count). The van der Waals surface area contributed by atoms with Crippen LogP contribution in [-0.2, 0) is 4.79 Å². The molecule has 0 aliphatic carbocycles. The molecular weight excluding hydrogens is 386 g/mol. The Morgan fingerprint density at radius 1 is 1.17 bits per heavy atom. The predicted octanol–water partition coefficient (Wildman–Crippen LogP) is 2.54. The molecule has 0 fully saturated rings. The zero-order valence-electron chi connectivity index (χ0n) is 16.0. The SMILES string of the molecule is CC(=O)O.NC(=O)c1cccc(-c2cc(Nc3ccnc(N)n3)cc3cn[nH]c23)c1. The van der Waals surface area contributed by atoms with E-state index in [1.807, 2.05) is 18.2 Å². The zero-order chi connectivity index (χ0) is 21.7. The first-order valence-electron chi connectivity index (χ1n) is 8.76. The molecule has 0 saturated carbocycles. The van der Waals surface area contributed by atoms with E-state index in [4.69, 9.17) is 21.4 Å². The highest BCUT2D eigenvalue weighted by molar-refractivity contribution is 5.99. The average Bonchev–Trinajstić information content (AvgIpc) is 3.15. The van der Waals surface area contributed by atoms with Crippen LogP contribution in [0.4, 0.5) is 17.5 Å². The van der Waals surface area contributed by atoms with Crippen molar-refractivity contribution >= 4 is 40.2 Å². The van der Waals surface area contributed by atoms with Crippen molar-refractivity contribution in [1.82, 2.24) is 20.2 Å². The van der Waals surface area contributed by atoms with Crippen molar-refractivity contribution in [3.05, 3.63) is 60.4 Å². The normalized spacial score (nSPS) is 10.2. The third kappa shape index (κ3) is 4.87. The minimum absolute atomic E-state index is 0.189.